The fourth-order valence-corrected chi connectivity index (χ4v) is 4.79. The van der Waals surface area contributed by atoms with Crippen LogP contribution < -0.4 is 15.4 Å². The van der Waals surface area contributed by atoms with E-state index in [0.717, 1.165) is 15.6 Å². The number of halogens is 3. The molecule has 0 aliphatic carbocycles. The van der Waals surface area contributed by atoms with Gasteiger partial charge in [-0.25, -0.2) is 4.68 Å². The van der Waals surface area contributed by atoms with Crippen LogP contribution in [0.3, 0.4) is 0 Å². The Balaban J connectivity index is 1.42. The van der Waals surface area contributed by atoms with Gasteiger partial charge in [-0.2, -0.15) is 18.3 Å². The van der Waals surface area contributed by atoms with Gasteiger partial charge in [-0.15, -0.1) is 11.3 Å². The molecule has 2 atom stereocenters. The first-order valence-electron chi connectivity index (χ1n) is 11.0. The molecular formula is C24H18F3N5O4S. The molecule has 0 unspecified atom stereocenters. The second-order valence-electron chi connectivity index (χ2n) is 8.21. The fraction of sp³-hybridized carbons (Fsp3) is 0.167. The summed E-state index contributed by atoms with van der Waals surface area (Å²) in [7, 11) is 0. The molecule has 1 aliphatic heterocycles. The number of fused-ring (bicyclic) bond motifs is 1. The van der Waals surface area contributed by atoms with Gasteiger partial charge in [0.1, 0.15) is 17.3 Å². The van der Waals surface area contributed by atoms with E-state index in [2.05, 4.69) is 15.7 Å². The molecular weight excluding hydrogens is 511 g/mol. The molecule has 2 aromatic heterocycles. The normalized spacial score (nSPS) is 16.9. The van der Waals surface area contributed by atoms with Gasteiger partial charge in [-0.1, -0.05) is 24.3 Å². The highest BCUT2D eigenvalue weighted by molar-refractivity contribution is 7.10. The fourth-order valence-electron chi connectivity index (χ4n) is 4.00. The zero-order chi connectivity index (χ0) is 26.2. The largest absolute Gasteiger partial charge is 0.457 e. The summed E-state index contributed by atoms with van der Waals surface area (Å²) in [5.41, 5.74) is -0.598. The molecule has 0 spiro atoms. The Morgan fingerprint density at radius 2 is 1.92 bits per heavy atom. The minimum absolute atomic E-state index is 0.0212. The highest BCUT2D eigenvalue weighted by atomic mass is 32.1. The summed E-state index contributed by atoms with van der Waals surface area (Å²) in [6.45, 7) is 0. The number of para-hydroxylation sites is 1. The van der Waals surface area contributed by atoms with Crippen LogP contribution in [0.1, 0.15) is 33.9 Å². The van der Waals surface area contributed by atoms with E-state index in [1.54, 1.807) is 47.8 Å². The van der Waals surface area contributed by atoms with E-state index in [4.69, 9.17) is 4.74 Å². The molecule has 5 rings (SSSR count). The molecule has 0 radical (unpaired) electrons. The predicted octanol–water partition coefficient (Wildman–Crippen LogP) is 6.56. The summed E-state index contributed by atoms with van der Waals surface area (Å²) < 4.78 is 48.0. The number of hydrogen-bond acceptors (Lipinski definition) is 7. The Hall–Kier alpha value is -4.39. The Morgan fingerprint density at radius 3 is 2.59 bits per heavy atom. The summed E-state index contributed by atoms with van der Waals surface area (Å²) >= 11 is 1.33. The van der Waals surface area contributed by atoms with Crippen LogP contribution in [0.5, 0.6) is 11.5 Å². The van der Waals surface area contributed by atoms with E-state index in [1.165, 1.54) is 29.5 Å². The zero-order valence-electron chi connectivity index (χ0n) is 18.8. The van der Waals surface area contributed by atoms with E-state index >= 15 is 0 Å². The van der Waals surface area contributed by atoms with Crippen LogP contribution in [0.25, 0.3) is 0 Å². The van der Waals surface area contributed by atoms with Gasteiger partial charge in [0.05, 0.1) is 22.7 Å². The van der Waals surface area contributed by atoms with Crippen molar-refractivity contribution < 1.29 is 27.6 Å². The summed E-state index contributed by atoms with van der Waals surface area (Å²) in [5, 5.41) is 22.6. The molecule has 0 bridgehead atoms. The molecule has 9 nitrogen and oxygen atoms in total. The van der Waals surface area contributed by atoms with Crippen molar-refractivity contribution in [1.29, 1.82) is 0 Å². The molecule has 37 heavy (non-hydrogen) atoms. The molecule has 2 aromatic carbocycles. The topological polar surface area (TPSA) is 111 Å². The number of benzene rings is 2. The molecule has 1 amide bonds. The summed E-state index contributed by atoms with van der Waals surface area (Å²) in [4.78, 5) is 24.4. The molecule has 1 aliphatic rings. The summed E-state index contributed by atoms with van der Waals surface area (Å²) in [6, 6.07) is 14.4. The van der Waals surface area contributed by atoms with Crippen LogP contribution in [0.15, 0.2) is 72.1 Å². The number of nitro groups is 1. The average Bonchev–Trinajstić information content (AvgIpc) is 3.53. The maximum Gasteiger partial charge on any atom is 0.410 e. The van der Waals surface area contributed by atoms with Gasteiger partial charge >= 0.3 is 6.18 Å². The van der Waals surface area contributed by atoms with Crippen LogP contribution >= 0.6 is 11.3 Å². The standard InChI is InChI=1S/C24H18F3N5O4S/c25-24(26,27)21-12-18(20-7-4-8-37-20)29-22-13-19(30-31(21)22)23(33)28-14-9-15(32(34)35)11-17(10-14)36-16-5-2-1-3-6-16/h1-11,13,18,21,29H,12H2,(H,28,33)/t18-,21+/m0/s1. The molecule has 2 N–H and O–H groups in total. The lowest BCUT2D eigenvalue weighted by atomic mass is 10.0. The molecule has 4 aromatic rings. The lowest BCUT2D eigenvalue weighted by molar-refractivity contribution is -0.384. The number of amides is 1. The Kier molecular flexibility index (Phi) is 6.29. The van der Waals surface area contributed by atoms with Crippen LogP contribution in [0.2, 0.25) is 0 Å². The van der Waals surface area contributed by atoms with Gasteiger partial charge < -0.3 is 15.4 Å². The van der Waals surface area contributed by atoms with Crippen molar-refractivity contribution in [1.82, 2.24) is 9.78 Å². The van der Waals surface area contributed by atoms with Gasteiger partial charge in [-0.05, 0) is 23.6 Å². The number of rotatable bonds is 6. The van der Waals surface area contributed by atoms with E-state index in [1.807, 2.05) is 0 Å². The van der Waals surface area contributed by atoms with Crippen LogP contribution in [0, 0.1) is 10.1 Å². The smallest absolute Gasteiger partial charge is 0.410 e. The minimum atomic E-state index is -4.59. The average molecular weight is 530 g/mol. The highest BCUT2D eigenvalue weighted by Crippen LogP contribution is 2.44. The van der Waals surface area contributed by atoms with Crippen molar-refractivity contribution in [3.63, 3.8) is 0 Å². The van der Waals surface area contributed by atoms with E-state index < -0.39 is 29.1 Å². The number of carbonyl (C=O) groups excluding carboxylic acids is 1. The third-order valence-electron chi connectivity index (χ3n) is 5.65. The van der Waals surface area contributed by atoms with E-state index in [0.29, 0.717) is 5.75 Å². The maximum atomic E-state index is 13.9. The lowest BCUT2D eigenvalue weighted by Gasteiger charge is -2.32. The first-order valence-corrected chi connectivity index (χ1v) is 11.9. The van der Waals surface area contributed by atoms with Crippen molar-refractivity contribution in [2.24, 2.45) is 0 Å². The number of nitrogens with zero attached hydrogens (tertiary/aromatic N) is 3. The maximum absolute atomic E-state index is 13.9. The van der Waals surface area contributed by atoms with Crippen LogP contribution in [-0.2, 0) is 0 Å². The Labute approximate surface area is 211 Å². The molecule has 0 saturated carbocycles. The SMILES string of the molecule is O=C(Nc1cc(Oc2ccccc2)cc([N+](=O)[O-])c1)c1cc2n(n1)[C@@H](C(F)(F)F)C[C@@H](c1cccs1)N2. The second kappa shape index (κ2) is 9.58. The minimum Gasteiger partial charge on any atom is -0.457 e. The number of anilines is 2. The van der Waals surface area contributed by atoms with Crippen molar-refractivity contribution in [3.8, 4) is 11.5 Å². The van der Waals surface area contributed by atoms with Gasteiger partial charge in [0.25, 0.3) is 11.6 Å². The van der Waals surface area contributed by atoms with Crippen LogP contribution in [-0.4, -0.2) is 26.8 Å². The number of non-ortho nitro benzene ring substituents is 1. The predicted molar refractivity (Wildman–Crippen MR) is 130 cm³/mol. The first kappa shape index (κ1) is 24.3. The van der Waals surface area contributed by atoms with Crippen molar-refractivity contribution >= 4 is 34.4 Å². The molecule has 0 fully saturated rings. The number of alkyl halides is 3. The van der Waals surface area contributed by atoms with E-state index in [9.17, 15) is 28.1 Å². The van der Waals surface area contributed by atoms with Gasteiger partial charge in [0.2, 0.25) is 0 Å². The lowest BCUT2D eigenvalue weighted by Crippen LogP contribution is -2.35. The second-order valence-corrected chi connectivity index (χ2v) is 9.19. The van der Waals surface area contributed by atoms with Crippen LogP contribution in [0.4, 0.5) is 30.4 Å². The summed E-state index contributed by atoms with van der Waals surface area (Å²) in [5.74, 6) is -0.267. The number of aromatic nitrogens is 2. The summed E-state index contributed by atoms with van der Waals surface area (Å²) in [6.07, 6.45) is -4.87. The molecule has 190 valence electrons. The number of nitrogens with one attached hydrogen (secondary N) is 2. The number of hydrogen-bond donors (Lipinski definition) is 2. The third-order valence-corrected chi connectivity index (χ3v) is 6.63. The molecule has 0 saturated heterocycles. The Morgan fingerprint density at radius 1 is 1.14 bits per heavy atom. The van der Waals surface area contributed by atoms with Gasteiger partial charge in [-0.3, -0.25) is 14.9 Å². The molecule has 13 heteroatoms. The monoisotopic (exact) mass is 529 g/mol. The first-order chi connectivity index (χ1) is 17.7. The number of carbonyl (C=O) groups is 1. The van der Waals surface area contributed by atoms with Crippen molar-refractivity contribution in [2.75, 3.05) is 10.6 Å². The number of ether oxygens (including phenoxy) is 1. The quantitative estimate of drug-likeness (QED) is 0.216. The van der Waals surface area contributed by atoms with Crippen molar-refractivity contribution in [3.05, 3.63) is 92.8 Å². The third kappa shape index (κ3) is 5.26. The highest BCUT2D eigenvalue weighted by Gasteiger charge is 2.47. The van der Waals surface area contributed by atoms with E-state index in [-0.39, 0.29) is 35.1 Å². The van der Waals surface area contributed by atoms with Gasteiger partial charge in [0, 0.05) is 29.5 Å². The van der Waals surface area contributed by atoms with Gasteiger partial charge in [0.15, 0.2) is 11.7 Å². The zero-order valence-corrected chi connectivity index (χ0v) is 19.6. The Bertz CT molecular complexity index is 1440. The van der Waals surface area contributed by atoms with Crippen molar-refractivity contribution in [2.45, 2.75) is 24.7 Å². The number of nitro benzene ring substituents is 1. The number of thiophene rings is 1. The molecule has 3 heterocycles.